The molecule has 4 atom stereocenters. The van der Waals surface area contributed by atoms with Gasteiger partial charge in [-0.1, -0.05) is 42.8 Å². The lowest BCUT2D eigenvalue weighted by Crippen LogP contribution is -2.54. The van der Waals surface area contributed by atoms with Crippen molar-refractivity contribution in [2.45, 2.75) is 87.0 Å². The Morgan fingerprint density at radius 3 is 2.48 bits per heavy atom. The topological polar surface area (TPSA) is 104 Å². The number of methoxy groups -OCH3 is 1. The summed E-state index contributed by atoms with van der Waals surface area (Å²) in [5.41, 5.74) is 1.87. The van der Waals surface area contributed by atoms with Crippen LogP contribution < -0.4 is 4.74 Å². The molecule has 0 spiro atoms. The molecule has 7 nitrogen and oxygen atoms in total. The minimum atomic E-state index is -3.88. The Morgan fingerprint density at radius 1 is 1.02 bits per heavy atom. The molecule has 1 saturated carbocycles. The number of benzene rings is 2. The zero-order valence-electron chi connectivity index (χ0n) is 29.0. The molecule has 2 heterocycles. The second kappa shape index (κ2) is 15.2. The molecule has 266 valence electrons. The molecule has 4 aromatic rings. The number of carbonyl (C=O) groups excluding carboxylic acids is 1. The van der Waals surface area contributed by atoms with Crippen LogP contribution in [0.4, 0.5) is 0 Å². The van der Waals surface area contributed by atoms with Crippen molar-refractivity contribution in [3.05, 3.63) is 116 Å². The van der Waals surface area contributed by atoms with Crippen molar-refractivity contribution in [1.82, 2.24) is 4.31 Å². The summed E-state index contributed by atoms with van der Waals surface area (Å²) in [7, 11) is -2.29. The third kappa shape index (κ3) is 7.56. The SMILES string of the molecule is COc1ccc(C(=O)c2cc3ccc2[C@@H]2CC[C@@](O)(CN(CCc4cccs4)S(=O)(=O)c4cccs4)[C@@]2(C)CCC=C(C)CC[C@H](O)C3)cc1. The number of hydrogen-bond donors (Lipinski definition) is 2. The van der Waals surface area contributed by atoms with Gasteiger partial charge < -0.3 is 14.9 Å². The van der Waals surface area contributed by atoms with E-state index < -0.39 is 27.1 Å². The van der Waals surface area contributed by atoms with Gasteiger partial charge in [0.05, 0.1) is 18.8 Å². The molecule has 0 unspecified atom stereocenters. The molecule has 0 aliphatic heterocycles. The van der Waals surface area contributed by atoms with Gasteiger partial charge in [0.2, 0.25) is 0 Å². The summed E-state index contributed by atoms with van der Waals surface area (Å²) in [5, 5.41) is 27.6. The largest absolute Gasteiger partial charge is 0.497 e. The zero-order chi connectivity index (χ0) is 35.5. The number of hydrogen-bond acceptors (Lipinski definition) is 8. The van der Waals surface area contributed by atoms with Crippen LogP contribution in [0.25, 0.3) is 0 Å². The minimum Gasteiger partial charge on any atom is -0.497 e. The predicted molar refractivity (Wildman–Crippen MR) is 201 cm³/mol. The van der Waals surface area contributed by atoms with Crippen molar-refractivity contribution < 1.29 is 28.2 Å². The van der Waals surface area contributed by atoms with E-state index in [0.29, 0.717) is 61.8 Å². The lowest BCUT2D eigenvalue weighted by atomic mass is 9.64. The van der Waals surface area contributed by atoms with Gasteiger partial charge in [-0.05, 0) is 129 Å². The third-order valence-electron chi connectivity index (χ3n) is 11.0. The standard InChI is InChI=1S/C40H47NO6S3/c1-28-7-4-20-39(2)36(18-21-40(39,44)27-41(22-19-33-8-5-23-48-33)50(45,46)37-9-6-24-49-37)34-17-11-29(25-31(42)14-10-28)26-35(34)38(43)30-12-15-32(47-3)16-13-30/h5-9,11-13,15-17,23-24,26,31,36,42,44H,4,10,14,18-22,25,27H2,1-3H3/t31-,36-,39-,40+/m0/s1. The van der Waals surface area contributed by atoms with E-state index in [1.54, 1.807) is 60.2 Å². The van der Waals surface area contributed by atoms with E-state index in [-0.39, 0.29) is 29.0 Å². The molecule has 1 fully saturated rings. The summed E-state index contributed by atoms with van der Waals surface area (Å²) < 4.78 is 35.5. The molecular weight excluding hydrogens is 687 g/mol. The van der Waals surface area contributed by atoms with Crippen molar-refractivity contribution in [2.75, 3.05) is 20.2 Å². The Bertz CT molecular complexity index is 1900. The van der Waals surface area contributed by atoms with Gasteiger partial charge in [-0.3, -0.25) is 4.79 Å². The molecule has 10 heteroatoms. The second-order valence-electron chi connectivity index (χ2n) is 14.1. The van der Waals surface area contributed by atoms with Gasteiger partial charge >= 0.3 is 0 Å². The third-order valence-corrected chi connectivity index (χ3v) is 15.1. The normalized spacial score (nSPS) is 24.5. The van der Waals surface area contributed by atoms with E-state index >= 15 is 0 Å². The Labute approximate surface area is 304 Å². The first-order valence-corrected chi connectivity index (χ1v) is 20.6. The number of ketones is 1. The maximum atomic E-state index is 14.3. The van der Waals surface area contributed by atoms with Gasteiger partial charge in [-0.2, -0.15) is 4.31 Å². The maximum Gasteiger partial charge on any atom is 0.252 e. The molecule has 2 N–H and O–H groups in total. The van der Waals surface area contributed by atoms with Crippen LogP contribution >= 0.6 is 22.7 Å². The Hall–Kier alpha value is -3.12. The highest BCUT2D eigenvalue weighted by Crippen LogP contribution is 2.59. The van der Waals surface area contributed by atoms with E-state index in [9.17, 15) is 23.4 Å². The number of aliphatic hydroxyl groups is 2. The molecule has 0 radical (unpaired) electrons. The first-order valence-electron chi connectivity index (χ1n) is 17.4. The summed E-state index contributed by atoms with van der Waals surface area (Å²) in [6, 6.07) is 20.4. The Balaban J connectivity index is 1.43. The van der Waals surface area contributed by atoms with E-state index in [1.807, 2.05) is 35.7 Å². The van der Waals surface area contributed by atoms with E-state index in [2.05, 4.69) is 19.9 Å². The quantitative estimate of drug-likeness (QED) is 0.126. The number of ether oxygens (including phenoxy) is 1. The van der Waals surface area contributed by atoms with Crippen molar-refractivity contribution in [2.24, 2.45) is 5.41 Å². The van der Waals surface area contributed by atoms with Crippen LogP contribution in [0.2, 0.25) is 0 Å². The lowest BCUT2D eigenvalue weighted by Gasteiger charge is -2.46. The second-order valence-corrected chi connectivity index (χ2v) is 18.3. The summed E-state index contributed by atoms with van der Waals surface area (Å²) in [6.45, 7) is 4.38. The maximum absolute atomic E-state index is 14.3. The monoisotopic (exact) mass is 733 g/mol. The van der Waals surface area contributed by atoms with Crippen LogP contribution in [0.3, 0.4) is 0 Å². The summed E-state index contributed by atoms with van der Waals surface area (Å²) in [5.74, 6) is 0.312. The lowest BCUT2D eigenvalue weighted by molar-refractivity contribution is -0.0722. The smallest absolute Gasteiger partial charge is 0.252 e. The molecule has 0 amide bonds. The van der Waals surface area contributed by atoms with Crippen molar-refractivity contribution >= 4 is 38.5 Å². The summed E-state index contributed by atoms with van der Waals surface area (Å²) in [4.78, 5) is 15.4. The van der Waals surface area contributed by atoms with Crippen LogP contribution in [-0.2, 0) is 22.9 Å². The van der Waals surface area contributed by atoms with Crippen LogP contribution in [-0.4, -0.2) is 60.6 Å². The number of allylic oxidation sites excluding steroid dienone is 2. The summed E-state index contributed by atoms with van der Waals surface area (Å²) >= 11 is 2.79. The minimum absolute atomic E-state index is 0.0413. The molecule has 50 heavy (non-hydrogen) atoms. The van der Waals surface area contributed by atoms with Crippen LogP contribution in [0, 0.1) is 5.41 Å². The fourth-order valence-corrected chi connectivity index (χ4v) is 11.2. The fourth-order valence-electron chi connectivity index (χ4n) is 7.90. The van der Waals surface area contributed by atoms with Gasteiger partial charge in [0.15, 0.2) is 5.78 Å². The molecule has 2 bridgehead atoms. The number of aliphatic hydroxyl groups excluding tert-OH is 1. The van der Waals surface area contributed by atoms with E-state index in [4.69, 9.17) is 4.74 Å². The highest BCUT2D eigenvalue weighted by atomic mass is 32.2. The van der Waals surface area contributed by atoms with Crippen LogP contribution in [0.15, 0.2) is 93.3 Å². The van der Waals surface area contributed by atoms with Gasteiger partial charge in [0, 0.05) is 34.5 Å². The predicted octanol–water partition coefficient (Wildman–Crippen LogP) is 8.02. The van der Waals surface area contributed by atoms with E-state index in [1.165, 1.54) is 21.2 Å². The molecule has 2 aromatic heterocycles. The molecule has 2 aromatic carbocycles. The highest BCUT2D eigenvalue weighted by molar-refractivity contribution is 7.91. The van der Waals surface area contributed by atoms with Gasteiger partial charge in [0.25, 0.3) is 10.0 Å². The molecule has 0 saturated heterocycles. The Morgan fingerprint density at radius 2 is 1.78 bits per heavy atom. The number of sulfonamides is 1. The first-order chi connectivity index (χ1) is 23.9. The average molecular weight is 734 g/mol. The summed E-state index contributed by atoms with van der Waals surface area (Å²) in [6.07, 6.45) is 6.27. The Kier molecular flexibility index (Phi) is 11.2. The first kappa shape index (κ1) is 36.7. The number of carbonyl (C=O) groups is 1. The molecule has 3 aliphatic rings. The fraction of sp³-hybridized carbons (Fsp3) is 0.425. The zero-order valence-corrected chi connectivity index (χ0v) is 31.5. The number of thiophene rings is 2. The number of rotatable bonds is 10. The van der Waals surface area contributed by atoms with Gasteiger partial charge in [-0.25, -0.2) is 8.42 Å². The average Bonchev–Trinajstić information content (AvgIpc) is 3.88. The number of nitrogens with zero attached hydrogens (tertiary/aromatic N) is 1. The molecule has 3 aliphatic carbocycles. The van der Waals surface area contributed by atoms with Crippen LogP contribution in [0.5, 0.6) is 5.75 Å². The van der Waals surface area contributed by atoms with Crippen molar-refractivity contribution in [3.8, 4) is 5.75 Å². The number of fused-ring (bicyclic) bond motifs is 8. The molecule has 7 rings (SSSR count). The van der Waals surface area contributed by atoms with E-state index in [0.717, 1.165) is 22.4 Å². The van der Waals surface area contributed by atoms with Gasteiger partial charge in [0.1, 0.15) is 9.96 Å². The van der Waals surface area contributed by atoms with Crippen molar-refractivity contribution in [3.63, 3.8) is 0 Å². The van der Waals surface area contributed by atoms with Gasteiger partial charge in [-0.15, -0.1) is 22.7 Å². The molecular formula is C40H47NO6S3. The highest BCUT2D eigenvalue weighted by Gasteiger charge is 2.58. The van der Waals surface area contributed by atoms with Crippen LogP contribution in [0.1, 0.15) is 90.2 Å². The van der Waals surface area contributed by atoms with Crippen molar-refractivity contribution in [1.29, 1.82) is 0 Å².